The number of ether oxygens (including phenoxy) is 4. The number of carbonyl (C=O) groups excluding carboxylic acids is 2. The number of rotatable bonds is 6. The standard InChI is InChI=1S/C25H21NO6/c1-4-22(27)31-23-20(29-2)13-15(14-21(23)30-3)12-19-25(28)32-24(26-19)18-11-7-9-16-8-5-6-10-17(16)18/h5-14H,4H2,1-3H3/b19-12-. The molecule has 0 unspecified atom stereocenters. The van der Waals surface area contributed by atoms with E-state index in [1.165, 1.54) is 14.2 Å². The van der Waals surface area contributed by atoms with Crippen LogP contribution in [0, 0.1) is 0 Å². The predicted molar refractivity (Wildman–Crippen MR) is 120 cm³/mol. The topological polar surface area (TPSA) is 83.4 Å². The zero-order valence-corrected chi connectivity index (χ0v) is 17.9. The van der Waals surface area contributed by atoms with Gasteiger partial charge in [0, 0.05) is 12.0 Å². The summed E-state index contributed by atoms with van der Waals surface area (Å²) in [6.07, 6.45) is 1.77. The maximum atomic E-state index is 12.5. The Morgan fingerprint density at radius 1 is 1.03 bits per heavy atom. The lowest BCUT2D eigenvalue weighted by Crippen LogP contribution is -2.08. The Bertz CT molecular complexity index is 1240. The molecule has 1 heterocycles. The lowest BCUT2D eigenvalue weighted by Gasteiger charge is -2.13. The molecule has 4 rings (SSSR count). The molecule has 0 fully saturated rings. The fraction of sp³-hybridized carbons (Fsp3) is 0.160. The van der Waals surface area contributed by atoms with Gasteiger partial charge in [-0.25, -0.2) is 9.79 Å². The molecule has 0 amide bonds. The molecule has 0 N–H and O–H groups in total. The number of aliphatic imine (C=N–C) groups is 1. The molecule has 3 aromatic rings. The first kappa shape index (κ1) is 21.1. The van der Waals surface area contributed by atoms with E-state index in [1.807, 2.05) is 42.5 Å². The molecule has 7 heteroatoms. The van der Waals surface area contributed by atoms with Crippen LogP contribution < -0.4 is 14.2 Å². The van der Waals surface area contributed by atoms with Crippen LogP contribution in [0.25, 0.3) is 16.8 Å². The third kappa shape index (κ3) is 4.05. The van der Waals surface area contributed by atoms with Crippen molar-refractivity contribution in [1.29, 1.82) is 0 Å². The molecule has 162 valence electrons. The van der Waals surface area contributed by atoms with E-state index in [2.05, 4.69) is 4.99 Å². The van der Waals surface area contributed by atoms with Crippen LogP contribution in [0.5, 0.6) is 17.2 Å². The number of cyclic esters (lactones) is 1. The van der Waals surface area contributed by atoms with Crippen molar-refractivity contribution < 1.29 is 28.5 Å². The van der Waals surface area contributed by atoms with Crippen molar-refractivity contribution in [3.63, 3.8) is 0 Å². The minimum atomic E-state index is -0.563. The summed E-state index contributed by atoms with van der Waals surface area (Å²) < 4.78 is 21.5. The van der Waals surface area contributed by atoms with Crippen molar-refractivity contribution in [1.82, 2.24) is 0 Å². The molecular weight excluding hydrogens is 410 g/mol. The van der Waals surface area contributed by atoms with Crippen molar-refractivity contribution in [3.05, 3.63) is 71.4 Å². The first-order valence-corrected chi connectivity index (χ1v) is 10.0. The fourth-order valence-corrected chi connectivity index (χ4v) is 3.36. The molecule has 0 saturated carbocycles. The largest absolute Gasteiger partial charge is 0.493 e. The monoisotopic (exact) mass is 431 g/mol. The number of carbonyl (C=O) groups is 2. The van der Waals surface area contributed by atoms with Gasteiger partial charge in [-0.15, -0.1) is 0 Å². The van der Waals surface area contributed by atoms with Gasteiger partial charge in [0.05, 0.1) is 14.2 Å². The molecule has 0 bridgehead atoms. The van der Waals surface area contributed by atoms with Gasteiger partial charge in [-0.05, 0) is 40.6 Å². The Morgan fingerprint density at radius 3 is 2.41 bits per heavy atom. The summed E-state index contributed by atoms with van der Waals surface area (Å²) in [4.78, 5) is 28.7. The van der Waals surface area contributed by atoms with Gasteiger partial charge in [0.25, 0.3) is 0 Å². The Balaban J connectivity index is 1.74. The second-order valence-electron chi connectivity index (χ2n) is 6.94. The van der Waals surface area contributed by atoms with Crippen molar-refractivity contribution >= 4 is 34.7 Å². The zero-order chi connectivity index (χ0) is 22.7. The number of hydrogen-bond donors (Lipinski definition) is 0. The highest BCUT2D eigenvalue weighted by molar-refractivity contribution is 6.17. The highest BCUT2D eigenvalue weighted by Crippen LogP contribution is 2.39. The first-order valence-electron chi connectivity index (χ1n) is 10.0. The zero-order valence-electron chi connectivity index (χ0n) is 17.9. The molecule has 0 radical (unpaired) electrons. The summed E-state index contributed by atoms with van der Waals surface area (Å²) in [7, 11) is 2.91. The van der Waals surface area contributed by atoms with Gasteiger partial charge < -0.3 is 18.9 Å². The normalized spacial score (nSPS) is 14.3. The minimum absolute atomic E-state index is 0.135. The van der Waals surface area contributed by atoms with Gasteiger partial charge in [0.15, 0.2) is 17.2 Å². The average molecular weight is 431 g/mol. The smallest absolute Gasteiger partial charge is 0.363 e. The second kappa shape index (κ2) is 8.93. The summed E-state index contributed by atoms with van der Waals surface area (Å²) in [6.45, 7) is 1.69. The molecule has 3 aromatic carbocycles. The third-order valence-electron chi connectivity index (χ3n) is 4.93. The van der Waals surface area contributed by atoms with E-state index in [9.17, 15) is 9.59 Å². The van der Waals surface area contributed by atoms with Gasteiger partial charge in [-0.2, -0.15) is 0 Å². The Kier molecular flexibility index (Phi) is 5.89. The van der Waals surface area contributed by atoms with Gasteiger partial charge in [0.1, 0.15) is 0 Å². The molecule has 1 aliphatic heterocycles. The molecule has 0 atom stereocenters. The van der Waals surface area contributed by atoms with E-state index >= 15 is 0 Å². The van der Waals surface area contributed by atoms with E-state index in [0.29, 0.717) is 17.1 Å². The number of hydrogen-bond acceptors (Lipinski definition) is 7. The molecule has 0 aliphatic carbocycles. The molecular formula is C25H21NO6. The van der Waals surface area contributed by atoms with Crippen LogP contribution in [0.4, 0.5) is 0 Å². The lowest BCUT2D eigenvalue weighted by atomic mass is 10.0. The summed E-state index contributed by atoms with van der Waals surface area (Å²) >= 11 is 0. The molecule has 1 aliphatic rings. The molecule has 0 aromatic heterocycles. The number of benzene rings is 3. The van der Waals surface area contributed by atoms with E-state index in [-0.39, 0.29) is 23.8 Å². The van der Waals surface area contributed by atoms with Crippen LogP contribution >= 0.6 is 0 Å². The van der Waals surface area contributed by atoms with Crippen LogP contribution in [-0.4, -0.2) is 32.1 Å². The maximum Gasteiger partial charge on any atom is 0.363 e. The molecule has 7 nitrogen and oxygen atoms in total. The van der Waals surface area contributed by atoms with Crippen molar-refractivity contribution in [2.24, 2.45) is 4.99 Å². The van der Waals surface area contributed by atoms with Crippen LogP contribution in [0.1, 0.15) is 24.5 Å². The van der Waals surface area contributed by atoms with Crippen LogP contribution in [0.3, 0.4) is 0 Å². The van der Waals surface area contributed by atoms with Crippen LogP contribution in [-0.2, 0) is 14.3 Å². The molecule has 32 heavy (non-hydrogen) atoms. The summed E-state index contributed by atoms with van der Waals surface area (Å²) in [5.74, 6) is 0.0254. The highest BCUT2D eigenvalue weighted by Gasteiger charge is 2.26. The Morgan fingerprint density at radius 2 is 1.72 bits per heavy atom. The summed E-state index contributed by atoms with van der Waals surface area (Å²) in [5, 5.41) is 1.96. The number of methoxy groups -OCH3 is 2. The number of fused-ring (bicyclic) bond motifs is 1. The maximum absolute atomic E-state index is 12.5. The Labute approximate surface area is 184 Å². The highest BCUT2D eigenvalue weighted by atomic mass is 16.6. The predicted octanol–water partition coefficient (Wildman–Crippen LogP) is 4.52. The van der Waals surface area contributed by atoms with Crippen molar-refractivity contribution in [3.8, 4) is 17.2 Å². The quantitative estimate of drug-likeness (QED) is 0.324. The van der Waals surface area contributed by atoms with E-state index in [1.54, 1.807) is 25.1 Å². The lowest BCUT2D eigenvalue weighted by molar-refractivity contribution is -0.134. The fourth-order valence-electron chi connectivity index (χ4n) is 3.36. The van der Waals surface area contributed by atoms with Gasteiger partial charge >= 0.3 is 11.9 Å². The van der Waals surface area contributed by atoms with Crippen molar-refractivity contribution in [2.75, 3.05) is 14.2 Å². The van der Waals surface area contributed by atoms with Crippen molar-refractivity contribution in [2.45, 2.75) is 13.3 Å². The minimum Gasteiger partial charge on any atom is -0.493 e. The summed E-state index contributed by atoms with van der Waals surface area (Å²) in [5.41, 5.74) is 1.44. The molecule has 0 spiro atoms. The first-order chi connectivity index (χ1) is 15.5. The van der Waals surface area contributed by atoms with Gasteiger partial charge in [0.2, 0.25) is 11.6 Å². The summed E-state index contributed by atoms with van der Waals surface area (Å²) in [6, 6.07) is 16.8. The molecule has 0 saturated heterocycles. The van der Waals surface area contributed by atoms with E-state index in [0.717, 1.165) is 16.3 Å². The Hall–Kier alpha value is -4.13. The van der Waals surface area contributed by atoms with Crippen LogP contribution in [0.2, 0.25) is 0 Å². The second-order valence-corrected chi connectivity index (χ2v) is 6.94. The third-order valence-corrected chi connectivity index (χ3v) is 4.93. The van der Waals surface area contributed by atoms with E-state index in [4.69, 9.17) is 18.9 Å². The van der Waals surface area contributed by atoms with Gasteiger partial charge in [-0.3, -0.25) is 4.79 Å². The number of esters is 2. The van der Waals surface area contributed by atoms with E-state index < -0.39 is 11.9 Å². The number of nitrogens with zero attached hydrogens (tertiary/aromatic N) is 1. The average Bonchev–Trinajstić information content (AvgIpc) is 3.18. The van der Waals surface area contributed by atoms with Gasteiger partial charge in [-0.1, -0.05) is 43.3 Å². The van der Waals surface area contributed by atoms with Crippen LogP contribution in [0.15, 0.2) is 65.3 Å². The SMILES string of the molecule is CCC(=O)Oc1c(OC)cc(/C=C2\N=C(c3cccc4ccccc34)OC2=O)cc1OC.